The van der Waals surface area contributed by atoms with Crippen molar-refractivity contribution in [3.63, 3.8) is 0 Å². The summed E-state index contributed by atoms with van der Waals surface area (Å²) in [5.41, 5.74) is 15.1. The molecule has 6 heteroatoms. The Labute approximate surface area is 397 Å². The maximum atomic E-state index is 5.45. The molecule has 0 unspecified atom stereocenters. The van der Waals surface area contributed by atoms with Crippen LogP contribution in [-0.2, 0) is 0 Å². The highest BCUT2D eigenvalue weighted by Gasteiger charge is 2.27. The zero-order chi connectivity index (χ0) is 45.4. The number of fused-ring (bicyclic) bond motifs is 10. The van der Waals surface area contributed by atoms with Gasteiger partial charge >= 0.3 is 0 Å². The summed E-state index contributed by atoms with van der Waals surface area (Å²) in [4.78, 5) is 16.1. The van der Waals surface area contributed by atoms with E-state index in [0.717, 1.165) is 88.3 Å². The molecule has 4 aromatic heterocycles. The summed E-state index contributed by atoms with van der Waals surface area (Å²) in [5, 5.41) is 6.87. The Hall–Kier alpha value is -9.39. The second-order valence-electron chi connectivity index (χ2n) is 17.6. The summed E-state index contributed by atoms with van der Waals surface area (Å²) in [6, 6.07) is 86.3. The lowest BCUT2D eigenvalue weighted by molar-refractivity contribution is 0.955. The van der Waals surface area contributed by atoms with Gasteiger partial charge in [0.05, 0.1) is 38.8 Å². The van der Waals surface area contributed by atoms with E-state index in [1.54, 1.807) is 0 Å². The van der Waals surface area contributed by atoms with Crippen LogP contribution in [-0.4, -0.2) is 28.7 Å². The highest BCUT2D eigenvalue weighted by Crippen LogP contribution is 2.46. The highest BCUT2D eigenvalue weighted by molar-refractivity contribution is 6.28. The van der Waals surface area contributed by atoms with E-state index in [1.165, 1.54) is 21.9 Å². The maximum Gasteiger partial charge on any atom is 0.238 e. The van der Waals surface area contributed by atoms with Crippen molar-refractivity contribution in [3.05, 3.63) is 243 Å². The highest BCUT2D eigenvalue weighted by atomic mass is 15.2. The van der Waals surface area contributed by atoms with Crippen molar-refractivity contribution >= 4 is 65.4 Å². The van der Waals surface area contributed by atoms with Crippen LogP contribution < -0.4 is 0 Å². The minimum Gasteiger partial charge on any atom is -0.307 e. The molecule has 0 aliphatic carbocycles. The number of rotatable bonds is 7. The molecule has 0 N–H and O–H groups in total. The topological polar surface area (TPSA) is 53.5 Å². The van der Waals surface area contributed by atoms with Gasteiger partial charge in [0.15, 0.2) is 11.6 Å². The SMILES string of the molecule is c1ccc(-c2ccc(-c3nc(-c4ccccc4)nc(-n4c5ccccc5c5cc(-n6c7ccccc7c7ccccc76)c6c(c7ccccc7n6-c6ccc(-c7ccccc7)cc6)c54)n3)cc2)cc1. The molecule has 4 heterocycles. The van der Waals surface area contributed by atoms with Crippen LogP contribution in [0.3, 0.4) is 0 Å². The van der Waals surface area contributed by atoms with Crippen LogP contribution in [0, 0.1) is 0 Å². The zero-order valence-electron chi connectivity index (χ0n) is 37.3. The first-order valence-electron chi connectivity index (χ1n) is 23.4. The second kappa shape index (κ2) is 15.6. The lowest BCUT2D eigenvalue weighted by Crippen LogP contribution is -2.07. The summed E-state index contributed by atoms with van der Waals surface area (Å²) in [6.45, 7) is 0. The lowest BCUT2D eigenvalue weighted by atomic mass is 10.0. The van der Waals surface area contributed by atoms with Gasteiger partial charge in [-0.15, -0.1) is 0 Å². The Morgan fingerprint density at radius 3 is 1.17 bits per heavy atom. The first-order chi connectivity index (χ1) is 34.2. The fourth-order valence-electron chi connectivity index (χ4n) is 10.6. The van der Waals surface area contributed by atoms with E-state index in [9.17, 15) is 0 Å². The van der Waals surface area contributed by atoms with E-state index < -0.39 is 0 Å². The third-order valence-electron chi connectivity index (χ3n) is 13.7. The molecule has 0 atom stereocenters. The standard InChI is InChI=1S/C63H40N6/c1-4-18-41(19-5-1)43-32-34-46(35-33-43)62-64-61(45-22-8-3-9-23-45)65-63(66-62)69-55-30-16-12-26-50(55)52-40-57(68-53-28-14-10-24-48(53)49-25-11-15-29-54(49)68)60-58(59(52)69)51-27-13-17-31-56(51)67(60)47-38-36-44(37-39-47)42-20-6-2-7-21-42/h1-40H. The fraction of sp³-hybridized carbons (Fsp3) is 0. The van der Waals surface area contributed by atoms with E-state index in [0.29, 0.717) is 17.6 Å². The summed E-state index contributed by atoms with van der Waals surface area (Å²) >= 11 is 0. The molecule has 0 radical (unpaired) electrons. The summed E-state index contributed by atoms with van der Waals surface area (Å²) in [5.74, 6) is 1.75. The molecule has 10 aromatic carbocycles. The van der Waals surface area contributed by atoms with Gasteiger partial charge in [0.2, 0.25) is 5.95 Å². The first-order valence-corrected chi connectivity index (χ1v) is 23.4. The monoisotopic (exact) mass is 880 g/mol. The van der Waals surface area contributed by atoms with Gasteiger partial charge in [0.25, 0.3) is 0 Å². The van der Waals surface area contributed by atoms with E-state index in [2.05, 4.69) is 232 Å². The van der Waals surface area contributed by atoms with Crippen molar-refractivity contribution in [2.24, 2.45) is 0 Å². The Morgan fingerprint density at radius 2 is 0.638 bits per heavy atom. The number of hydrogen-bond donors (Lipinski definition) is 0. The van der Waals surface area contributed by atoms with E-state index >= 15 is 0 Å². The average molecular weight is 881 g/mol. The Bertz CT molecular complexity index is 4210. The summed E-state index contributed by atoms with van der Waals surface area (Å²) in [6.07, 6.45) is 0. The van der Waals surface area contributed by atoms with Crippen LogP contribution in [0.1, 0.15) is 0 Å². The Morgan fingerprint density at radius 1 is 0.261 bits per heavy atom. The fourth-order valence-corrected chi connectivity index (χ4v) is 10.6. The third-order valence-corrected chi connectivity index (χ3v) is 13.7. The lowest BCUT2D eigenvalue weighted by Gasteiger charge is -2.16. The molecule has 0 amide bonds. The predicted molar refractivity (Wildman–Crippen MR) is 285 cm³/mol. The first kappa shape index (κ1) is 38.8. The van der Waals surface area contributed by atoms with Crippen molar-refractivity contribution in [3.8, 4) is 62.4 Å². The molecule has 69 heavy (non-hydrogen) atoms. The molecule has 0 saturated heterocycles. The van der Waals surface area contributed by atoms with Crippen molar-refractivity contribution in [2.45, 2.75) is 0 Å². The Balaban J connectivity index is 1.12. The van der Waals surface area contributed by atoms with Gasteiger partial charge in [0.1, 0.15) is 0 Å². The quantitative estimate of drug-likeness (QED) is 0.160. The maximum absolute atomic E-state index is 5.45. The second-order valence-corrected chi connectivity index (χ2v) is 17.6. The minimum absolute atomic E-state index is 0.548. The molecule has 14 aromatic rings. The van der Waals surface area contributed by atoms with Crippen LogP contribution >= 0.6 is 0 Å². The van der Waals surface area contributed by atoms with Crippen LogP contribution in [0.15, 0.2) is 243 Å². The molecule has 0 bridgehead atoms. The number of aromatic nitrogens is 6. The zero-order valence-corrected chi connectivity index (χ0v) is 37.3. The average Bonchev–Trinajstić information content (AvgIpc) is 4.07. The van der Waals surface area contributed by atoms with Gasteiger partial charge in [-0.1, -0.05) is 200 Å². The minimum atomic E-state index is 0.548. The number of benzene rings is 10. The molecular weight excluding hydrogens is 841 g/mol. The predicted octanol–water partition coefficient (Wildman–Crippen LogP) is 15.8. The van der Waals surface area contributed by atoms with Gasteiger partial charge in [-0.25, -0.2) is 4.98 Å². The van der Waals surface area contributed by atoms with Crippen LogP contribution in [0.25, 0.3) is 128 Å². The van der Waals surface area contributed by atoms with Crippen molar-refractivity contribution in [1.29, 1.82) is 0 Å². The smallest absolute Gasteiger partial charge is 0.238 e. The van der Waals surface area contributed by atoms with Gasteiger partial charge in [-0.2, -0.15) is 9.97 Å². The van der Waals surface area contributed by atoms with Crippen LogP contribution in [0.2, 0.25) is 0 Å². The number of hydrogen-bond acceptors (Lipinski definition) is 3. The molecule has 14 rings (SSSR count). The van der Waals surface area contributed by atoms with Crippen molar-refractivity contribution < 1.29 is 0 Å². The molecular formula is C63H40N6. The number of para-hydroxylation sites is 4. The molecule has 0 aliphatic heterocycles. The van der Waals surface area contributed by atoms with Crippen molar-refractivity contribution in [1.82, 2.24) is 28.7 Å². The largest absolute Gasteiger partial charge is 0.307 e. The number of nitrogens with zero attached hydrogens (tertiary/aromatic N) is 6. The van der Waals surface area contributed by atoms with E-state index in [4.69, 9.17) is 15.0 Å². The van der Waals surface area contributed by atoms with Gasteiger partial charge in [-0.05, 0) is 64.7 Å². The summed E-state index contributed by atoms with van der Waals surface area (Å²) < 4.78 is 7.22. The van der Waals surface area contributed by atoms with Crippen LogP contribution in [0.5, 0.6) is 0 Å². The normalized spacial score (nSPS) is 11.8. The molecule has 6 nitrogen and oxygen atoms in total. The summed E-state index contributed by atoms with van der Waals surface area (Å²) in [7, 11) is 0. The third kappa shape index (κ3) is 6.16. The van der Waals surface area contributed by atoms with Crippen molar-refractivity contribution in [2.75, 3.05) is 0 Å². The van der Waals surface area contributed by atoms with Gasteiger partial charge in [-0.3, -0.25) is 4.57 Å². The molecule has 0 fully saturated rings. The van der Waals surface area contributed by atoms with Gasteiger partial charge in [0, 0.05) is 49.1 Å². The molecule has 0 aliphatic rings. The van der Waals surface area contributed by atoms with Crippen LogP contribution in [0.4, 0.5) is 0 Å². The molecule has 322 valence electrons. The molecule has 0 saturated carbocycles. The van der Waals surface area contributed by atoms with Gasteiger partial charge < -0.3 is 9.13 Å². The van der Waals surface area contributed by atoms with E-state index in [-0.39, 0.29) is 0 Å². The van der Waals surface area contributed by atoms with E-state index in [1.807, 2.05) is 24.3 Å². The Kier molecular flexibility index (Phi) is 8.79. The molecule has 0 spiro atoms.